The van der Waals surface area contributed by atoms with Crippen molar-refractivity contribution in [3.8, 4) is 0 Å². The Hall–Kier alpha value is -1.99. The molecule has 2 aromatic heterocycles. The Morgan fingerprint density at radius 3 is 2.73 bits per heavy atom. The molecule has 6 nitrogen and oxygen atoms in total. The van der Waals surface area contributed by atoms with Gasteiger partial charge in [-0.05, 0) is 41.1 Å². The van der Waals surface area contributed by atoms with Crippen molar-refractivity contribution in [2.75, 3.05) is 5.32 Å². The number of pyridine rings is 2. The van der Waals surface area contributed by atoms with Crippen molar-refractivity contribution in [1.82, 2.24) is 9.97 Å². The number of nitrogens with one attached hydrogen (secondary N) is 1. The van der Waals surface area contributed by atoms with Crippen molar-refractivity contribution >= 4 is 45.2 Å². The van der Waals surface area contributed by atoms with E-state index in [4.69, 9.17) is 16.3 Å². The van der Waals surface area contributed by atoms with Crippen molar-refractivity contribution in [3.05, 3.63) is 51.8 Å². The standard InChI is InChI=1S/C14H11BrClN3O3/c1-8(13(20)19-12-3-2-11(16)7-18-12)22-14(21)9-4-10(15)6-17-5-9/h2-8H,1H3,(H,18,19,20)/t8-/m0/s1. The minimum Gasteiger partial charge on any atom is -0.449 e. The minimum atomic E-state index is -0.982. The molecule has 2 heterocycles. The number of amides is 1. The van der Waals surface area contributed by atoms with Crippen LogP contribution in [0.15, 0.2) is 41.3 Å². The highest BCUT2D eigenvalue weighted by Crippen LogP contribution is 2.13. The number of rotatable bonds is 4. The van der Waals surface area contributed by atoms with Gasteiger partial charge in [0.1, 0.15) is 5.82 Å². The molecule has 0 aliphatic heterocycles. The molecule has 1 atom stereocenters. The van der Waals surface area contributed by atoms with Gasteiger partial charge in [-0.15, -0.1) is 0 Å². The predicted molar refractivity (Wildman–Crippen MR) is 84.7 cm³/mol. The quantitative estimate of drug-likeness (QED) is 0.819. The topological polar surface area (TPSA) is 81.2 Å². The number of hydrogen-bond acceptors (Lipinski definition) is 5. The summed E-state index contributed by atoms with van der Waals surface area (Å²) in [4.78, 5) is 31.6. The van der Waals surface area contributed by atoms with Crippen LogP contribution in [-0.4, -0.2) is 27.9 Å². The van der Waals surface area contributed by atoms with Gasteiger partial charge in [-0.2, -0.15) is 0 Å². The van der Waals surface area contributed by atoms with E-state index in [2.05, 4.69) is 31.2 Å². The largest absolute Gasteiger partial charge is 0.449 e. The average Bonchev–Trinajstić information content (AvgIpc) is 2.49. The summed E-state index contributed by atoms with van der Waals surface area (Å²) in [6.07, 6.45) is 3.32. The summed E-state index contributed by atoms with van der Waals surface area (Å²) in [6.45, 7) is 1.47. The van der Waals surface area contributed by atoms with Crippen LogP contribution in [-0.2, 0) is 9.53 Å². The van der Waals surface area contributed by atoms with Crippen LogP contribution in [0.4, 0.5) is 5.82 Å². The number of esters is 1. The first-order valence-electron chi connectivity index (χ1n) is 6.19. The fourth-order valence-corrected chi connectivity index (χ4v) is 1.96. The van der Waals surface area contributed by atoms with E-state index in [0.717, 1.165) is 0 Å². The van der Waals surface area contributed by atoms with Crippen LogP contribution in [0.25, 0.3) is 0 Å². The van der Waals surface area contributed by atoms with Gasteiger partial charge in [0, 0.05) is 23.1 Å². The van der Waals surface area contributed by atoms with Crippen LogP contribution in [0.3, 0.4) is 0 Å². The highest BCUT2D eigenvalue weighted by molar-refractivity contribution is 9.10. The Labute approximate surface area is 140 Å². The second-order valence-corrected chi connectivity index (χ2v) is 5.64. The van der Waals surface area contributed by atoms with E-state index in [9.17, 15) is 9.59 Å². The number of carbonyl (C=O) groups excluding carboxylic acids is 2. The fourth-order valence-electron chi connectivity index (χ4n) is 1.48. The van der Waals surface area contributed by atoms with Gasteiger partial charge < -0.3 is 10.1 Å². The minimum absolute atomic E-state index is 0.249. The second-order valence-electron chi connectivity index (χ2n) is 4.29. The molecule has 1 N–H and O–H groups in total. The molecule has 0 unspecified atom stereocenters. The van der Waals surface area contributed by atoms with E-state index in [-0.39, 0.29) is 5.56 Å². The van der Waals surface area contributed by atoms with Crippen LogP contribution in [0.1, 0.15) is 17.3 Å². The zero-order valence-electron chi connectivity index (χ0n) is 11.4. The van der Waals surface area contributed by atoms with Crippen molar-refractivity contribution in [3.63, 3.8) is 0 Å². The molecule has 0 saturated heterocycles. The average molecular weight is 385 g/mol. The van der Waals surface area contributed by atoms with Crippen LogP contribution in [0.2, 0.25) is 5.02 Å². The Morgan fingerprint density at radius 2 is 2.09 bits per heavy atom. The molecule has 2 rings (SSSR count). The third kappa shape index (κ3) is 4.51. The molecule has 22 heavy (non-hydrogen) atoms. The first-order valence-corrected chi connectivity index (χ1v) is 7.37. The lowest BCUT2D eigenvalue weighted by molar-refractivity contribution is -0.123. The van der Waals surface area contributed by atoms with Crippen LogP contribution in [0.5, 0.6) is 0 Å². The van der Waals surface area contributed by atoms with Crippen molar-refractivity contribution in [2.24, 2.45) is 0 Å². The second kappa shape index (κ2) is 7.33. The normalized spacial score (nSPS) is 11.6. The van der Waals surface area contributed by atoms with Gasteiger partial charge in [-0.25, -0.2) is 9.78 Å². The molecule has 0 aliphatic rings. The molecule has 2 aromatic rings. The fraction of sp³-hybridized carbons (Fsp3) is 0.143. The zero-order valence-corrected chi connectivity index (χ0v) is 13.8. The van der Waals surface area contributed by atoms with Gasteiger partial charge in [0.15, 0.2) is 6.10 Å². The highest BCUT2D eigenvalue weighted by atomic mass is 79.9. The first-order chi connectivity index (χ1) is 10.5. The molecule has 1 amide bonds. The van der Waals surface area contributed by atoms with E-state index in [1.807, 2.05) is 0 Å². The molecular formula is C14H11BrClN3O3. The maximum atomic E-state index is 11.9. The van der Waals surface area contributed by atoms with Gasteiger partial charge in [0.25, 0.3) is 5.91 Å². The number of halogens is 2. The molecule has 0 aliphatic carbocycles. The lowest BCUT2D eigenvalue weighted by Crippen LogP contribution is -2.30. The summed E-state index contributed by atoms with van der Waals surface area (Å²) in [6, 6.07) is 4.70. The van der Waals surface area contributed by atoms with Gasteiger partial charge in [0.05, 0.1) is 10.6 Å². The maximum Gasteiger partial charge on any atom is 0.340 e. The van der Waals surface area contributed by atoms with E-state index in [1.54, 1.807) is 24.4 Å². The summed E-state index contributed by atoms with van der Waals surface area (Å²) in [5, 5.41) is 2.98. The van der Waals surface area contributed by atoms with Crippen LogP contribution < -0.4 is 5.32 Å². The molecule has 0 spiro atoms. The van der Waals surface area contributed by atoms with E-state index in [0.29, 0.717) is 15.3 Å². The molecule has 0 fully saturated rings. The van der Waals surface area contributed by atoms with Gasteiger partial charge in [-0.1, -0.05) is 11.6 Å². The summed E-state index contributed by atoms with van der Waals surface area (Å²) in [5.74, 6) is -0.812. The molecule has 0 radical (unpaired) electrons. The lowest BCUT2D eigenvalue weighted by atomic mass is 10.3. The van der Waals surface area contributed by atoms with E-state index in [1.165, 1.54) is 19.3 Å². The summed E-state index contributed by atoms with van der Waals surface area (Å²) >= 11 is 8.91. The molecular weight excluding hydrogens is 374 g/mol. The maximum absolute atomic E-state index is 11.9. The molecule has 114 valence electrons. The molecule has 8 heteroatoms. The third-order valence-electron chi connectivity index (χ3n) is 2.57. The van der Waals surface area contributed by atoms with E-state index < -0.39 is 18.0 Å². The number of aromatic nitrogens is 2. The summed E-state index contributed by atoms with van der Waals surface area (Å²) in [5.41, 5.74) is 0.249. The van der Waals surface area contributed by atoms with Crippen LogP contribution in [0, 0.1) is 0 Å². The zero-order chi connectivity index (χ0) is 16.1. The number of nitrogens with zero attached hydrogens (tertiary/aromatic N) is 2. The lowest BCUT2D eigenvalue weighted by Gasteiger charge is -2.13. The predicted octanol–water partition coefficient (Wildman–Crippen LogP) is 3.08. The Balaban J connectivity index is 1.96. The van der Waals surface area contributed by atoms with E-state index >= 15 is 0 Å². The Bertz CT molecular complexity index is 694. The van der Waals surface area contributed by atoms with Crippen molar-refractivity contribution < 1.29 is 14.3 Å². The first kappa shape index (κ1) is 16.4. The smallest absolute Gasteiger partial charge is 0.340 e. The molecule has 0 bridgehead atoms. The van der Waals surface area contributed by atoms with Gasteiger partial charge in [-0.3, -0.25) is 9.78 Å². The highest BCUT2D eigenvalue weighted by Gasteiger charge is 2.19. The number of carbonyl (C=O) groups is 2. The van der Waals surface area contributed by atoms with Gasteiger partial charge in [0.2, 0.25) is 0 Å². The summed E-state index contributed by atoms with van der Waals surface area (Å²) in [7, 11) is 0. The number of ether oxygens (including phenoxy) is 1. The number of anilines is 1. The van der Waals surface area contributed by atoms with Gasteiger partial charge >= 0.3 is 5.97 Å². The molecule has 0 saturated carbocycles. The SMILES string of the molecule is C[C@H](OC(=O)c1cncc(Br)c1)C(=O)Nc1ccc(Cl)cn1. The number of hydrogen-bond donors (Lipinski definition) is 1. The van der Waals surface area contributed by atoms with Crippen LogP contribution >= 0.6 is 27.5 Å². The summed E-state index contributed by atoms with van der Waals surface area (Å²) < 4.78 is 5.73. The van der Waals surface area contributed by atoms with Crippen molar-refractivity contribution in [2.45, 2.75) is 13.0 Å². The third-order valence-corrected chi connectivity index (χ3v) is 3.23. The van der Waals surface area contributed by atoms with Crippen molar-refractivity contribution in [1.29, 1.82) is 0 Å². The Morgan fingerprint density at radius 1 is 1.32 bits per heavy atom. The monoisotopic (exact) mass is 383 g/mol. The Kier molecular flexibility index (Phi) is 5.46. The molecule has 0 aromatic carbocycles.